The van der Waals surface area contributed by atoms with Gasteiger partial charge in [-0.05, 0) is 17.5 Å². The maximum absolute atomic E-state index is 12.1. The molecule has 0 radical (unpaired) electrons. The fraction of sp³-hybridized carbons (Fsp3) is 0.467. The van der Waals surface area contributed by atoms with Crippen molar-refractivity contribution in [2.45, 2.75) is 26.3 Å². The number of carboxylic acids is 1. The fourth-order valence-electron chi connectivity index (χ4n) is 2.40. The van der Waals surface area contributed by atoms with E-state index in [1.54, 1.807) is 0 Å². The lowest BCUT2D eigenvalue weighted by molar-refractivity contribution is -0.143. The molecule has 0 spiro atoms. The average molecular weight is 276 g/mol. The molecule has 3 N–H and O–H groups in total. The van der Waals surface area contributed by atoms with E-state index in [2.05, 4.69) is 10.6 Å². The maximum Gasteiger partial charge on any atom is 0.308 e. The van der Waals surface area contributed by atoms with Gasteiger partial charge in [0.1, 0.15) is 6.04 Å². The van der Waals surface area contributed by atoms with Crippen molar-refractivity contribution in [3.8, 4) is 0 Å². The van der Waals surface area contributed by atoms with Crippen LogP contribution in [0.1, 0.15) is 19.4 Å². The summed E-state index contributed by atoms with van der Waals surface area (Å²) in [5.74, 6) is -1.58. The molecule has 2 rings (SSSR count). The Morgan fingerprint density at radius 1 is 1.40 bits per heavy atom. The van der Waals surface area contributed by atoms with Crippen LogP contribution in [0.2, 0.25) is 0 Å². The molecule has 0 saturated heterocycles. The van der Waals surface area contributed by atoms with Crippen LogP contribution in [0.5, 0.6) is 0 Å². The Kier molecular flexibility index (Phi) is 4.27. The number of nitrogens with one attached hydrogen (secondary N) is 2. The van der Waals surface area contributed by atoms with Crippen LogP contribution in [0, 0.1) is 11.8 Å². The molecule has 0 aromatic heterocycles. The van der Waals surface area contributed by atoms with Gasteiger partial charge in [-0.25, -0.2) is 0 Å². The van der Waals surface area contributed by atoms with E-state index in [4.69, 9.17) is 5.11 Å². The van der Waals surface area contributed by atoms with Crippen LogP contribution in [0.3, 0.4) is 0 Å². The highest BCUT2D eigenvalue weighted by Gasteiger charge is 2.28. The first-order chi connectivity index (χ1) is 9.49. The second kappa shape index (κ2) is 5.94. The van der Waals surface area contributed by atoms with Crippen LogP contribution in [-0.4, -0.2) is 29.6 Å². The SMILES string of the molecule is CC(C)C(CNC(=O)C1Cc2ccccc2N1)C(=O)O. The molecule has 2 unspecified atom stereocenters. The van der Waals surface area contributed by atoms with Crippen molar-refractivity contribution >= 4 is 17.6 Å². The smallest absolute Gasteiger partial charge is 0.308 e. The molecule has 2 atom stereocenters. The first-order valence-electron chi connectivity index (χ1n) is 6.84. The maximum atomic E-state index is 12.1. The van der Waals surface area contributed by atoms with E-state index < -0.39 is 11.9 Å². The molecule has 20 heavy (non-hydrogen) atoms. The molecule has 1 aromatic rings. The third kappa shape index (κ3) is 3.10. The van der Waals surface area contributed by atoms with Gasteiger partial charge >= 0.3 is 5.97 Å². The van der Waals surface area contributed by atoms with Crippen molar-refractivity contribution < 1.29 is 14.7 Å². The largest absolute Gasteiger partial charge is 0.481 e. The minimum Gasteiger partial charge on any atom is -0.481 e. The van der Waals surface area contributed by atoms with E-state index in [-0.39, 0.29) is 24.4 Å². The zero-order chi connectivity index (χ0) is 14.7. The molecule has 108 valence electrons. The Balaban J connectivity index is 1.90. The van der Waals surface area contributed by atoms with Crippen LogP contribution >= 0.6 is 0 Å². The second-order valence-corrected chi connectivity index (χ2v) is 5.49. The van der Waals surface area contributed by atoms with Crippen LogP contribution in [0.25, 0.3) is 0 Å². The molecule has 1 aromatic carbocycles. The van der Waals surface area contributed by atoms with Crippen LogP contribution < -0.4 is 10.6 Å². The summed E-state index contributed by atoms with van der Waals surface area (Å²) in [6, 6.07) is 7.49. The number of carboxylic acid groups (broad SMARTS) is 1. The van der Waals surface area contributed by atoms with E-state index in [1.807, 2.05) is 38.1 Å². The zero-order valence-corrected chi connectivity index (χ0v) is 11.7. The Morgan fingerprint density at radius 3 is 2.70 bits per heavy atom. The highest BCUT2D eigenvalue weighted by molar-refractivity contribution is 5.87. The minimum absolute atomic E-state index is 0.0125. The summed E-state index contributed by atoms with van der Waals surface area (Å²) in [6.45, 7) is 3.85. The summed E-state index contributed by atoms with van der Waals surface area (Å²) >= 11 is 0. The quantitative estimate of drug-likeness (QED) is 0.761. The third-order valence-electron chi connectivity index (χ3n) is 3.71. The summed E-state index contributed by atoms with van der Waals surface area (Å²) in [5, 5.41) is 15.0. The van der Waals surface area contributed by atoms with E-state index in [0.717, 1.165) is 11.3 Å². The number of fused-ring (bicyclic) bond motifs is 1. The second-order valence-electron chi connectivity index (χ2n) is 5.49. The first-order valence-corrected chi connectivity index (χ1v) is 6.84. The molecule has 0 bridgehead atoms. The standard InChI is InChI=1S/C15H20N2O3/c1-9(2)11(15(19)20)8-16-14(18)13-7-10-5-3-4-6-12(10)17-13/h3-6,9,11,13,17H,7-8H2,1-2H3,(H,16,18)(H,19,20). The van der Waals surface area contributed by atoms with Gasteiger partial charge in [-0.2, -0.15) is 0 Å². The molecule has 1 amide bonds. The van der Waals surface area contributed by atoms with Gasteiger partial charge in [0.2, 0.25) is 5.91 Å². The average Bonchev–Trinajstić information content (AvgIpc) is 2.81. The first kappa shape index (κ1) is 14.4. The predicted molar refractivity (Wildman–Crippen MR) is 76.5 cm³/mol. The Hall–Kier alpha value is -2.04. The van der Waals surface area contributed by atoms with Crippen molar-refractivity contribution in [1.29, 1.82) is 0 Å². The van der Waals surface area contributed by atoms with E-state index in [9.17, 15) is 9.59 Å². The molecular weight excluding hydrogens is 256 g/mol. The molecular formula is C15H20N2O3. The summed E-state index contributed by atoms with van der Waals surface area (Å²) in [7, 11) is 0. The summed E-state index contributed by atoms with van der Waals surface area (Å²) in [4.78, 5) is 23.2. The van der Waals surface area contributed by atoms with Crippen molar-refractivity contribution in [3.63, 3.8) is 0 Å². The number of aliphatic carboxylic acids is 1. The molecule has 1 aliphatic rings. The summed E-state index contributed by atoms with van der Waals surface area (Å²) < 4.78 is 0. The van der Waals surface area contributed by atoms with Gasteiger partial charge in [0.05, 0.1) is 5.92 Å². The minimum atomic E-state index is -0.872. The summed E-state index contributed by atoms with van der Waals surface area (Å²) in [5.41, 5.74) is 2.09. The predicted octanol–water partition coefficient (Wildman–Crippen LogP) is 1.50. The third-order valence-corrected chi connectivity index (χ3v) is 3.71. The van der Waals surface area contributed by atoms with E-state index in [0.29, 0.717) is 6.42 Å². The molecule has 0 fully saturated rings. The van der Waals surface area contributed by atoms with Crippen molar-refractivity contribution in [1.82, 2.24) is 5.32 Å². The molecule has 5 nitrogen and oxygen atoms in total. The Morgan fingerprint density at radius 2 is 2.10 bits per heavy atom. The summed E-state index contributed by atoms with van der Waals surface area (Å²) in [6.07, 6.45) is 0.640. The number of hydrogen-bond donors (Lipinski definition) is 3. The lowest BCUT2D eigenvalue weighted by Gasteiger charge is -2.18. The van der Waals surface area contributed by atoms with Gasteiger partial charge in [-0.3, -0.25) is 9.59 Å². The number of rotatable bonds is 5. The van der Waals surface area contributed by atoms with Gasteiger partial charge in [0.15, 0.2) is 0 Å². The topological polar surface area (TPSA) is 78.4 Å². The number of anilines is 1. The van der Waals surface area contributed by atoms with E-state index >= 15 is 0 Å². The van der Waals surface area contributed by atoms with Crippen LogP contribution in [0.15, 0.2) is 24.3 Å². The van der Waals surface area contributed by atoms with Gasteiger partial charge in [0, 0.05) is 18.7 Å². The number of hydrogen-bond acceptors (Lipinski definition) is 3. The zero-order valence-electron chi connectivity index (χ0n) is 11.7. The van der Waals surface area contributed by atoms with Gasteiger partial charge in [0.25, 0.3) is 0 Å². The highest BCUT2D eigenvalue weighted by Crippen LogP contribution is 2.25. The van der Waals surface area contributed by atoms with Crippen molar-refractivity contribution in [3.05, 3.63) is 29.8 Å². The van der Waals surface area contributed by atoms with Gasteiger partial charge in [-0.1, -0.05) is 32.0 Å². The Bertz CT molecular complexity index is 489. The monoisotopic (exact) mass is 276 g/mol. The number of benzene rings is 1. The lowest BCUT2D eigenvalue weighted by atomic mass is 9.96. The lowest BCUT2D eigenvalue weighted by Crippen LogP contribution is -2.42. The van der Waals surface area contributed by atoms with Crippen LogP contribution in [-0.2, 0) is 16.0 Å². The number of carbonyl (C=O) groups excluding carboxylic acids is 1. The fourth-order valence-corrected chi connectivity index (χ4v) is 2.40. The highest BCUT2D eigenvalue weighted by atomic mass is 16.4. The molecule has 5 heteroatoms. The number of amides is 1. The van der Waals surface area contributed by atoms with Crippen molar-refractivity contribution in [2.24, 2.45) is 11.8 Å². The number of carbonyl (C=O) groups is 2. The molecule has 0 aliphatic carbocycles. The Labute approximate surface area is 118 Å². The van der Waals surface area contributed by atoms with E-state index in [1.165, 1.54) is 0 Å². The number of para-hydroxylation sites is 1. The molecule has 1 aliphatic heterocycles. The van der Waals surface area contributed by atoms with Gasteiger partial charge < -0.3 is 15.7 Å². The molecule has 0 saturated carbocycles. The van der Waals surface area contributed by atoms with Crippen LogP contribution in [0.4, 0.5) is 5.69 Å². The van der Waals surface area contributed by atoms with Crippen molar-refractivity contribution in [2.75, 3.05) is 11.9 Å². The normalized spacial score (nSPS) is 18.2. The van der Waals surface area contributed by atoms with Gasteiger partial charge in [-0.15, -0.1) is 0 Å². The molecule has 1 heterocycles.